The van der Waals surface area contributed by atoms with Gasteiger partial charge in [0.25, 0.3) is 0 Å². The van der Waals surface area contributed by atoms with E-state index in [0.717, 1.165) is 12.1 Å². The predicted octanol–water partition coefficient (Wildman–Crippen LogP) is -0.313. The number of phenolic OH excluding ortho intramolecular Hbond substituents is 3. The third-order valence-corrected chi connectivity index (χ3v) is 5.50. The van der Waals surface area contributed by atoms with E-state index >= 15 is 0 Å². The summed E-state index contributed by atoms with van der Waals surface area (Å²) in [7, 11) is 0. The lowest BCUT2D eigenvalue weighted by Crippen LogP contribution is -2.58. The number of rotatable bonds is 3. The van der Waals surface area contributed by atoms with Crippen molar-refractivity contribution in [3.05, 3.63) is 41.5 Å². The van der Waals surface area contributed by atoms with E-state index in [0.29, 0.717) is 0 Å². The highest BCUT2D eigenvalue weighted by Gasteiger charge is 2.44. The summed E-state index contributed by atoms with van der Waals surface area (Å²) in [6, 6.07) is 5.92. The summed E-state index contributed by atoms with van der Waals surface area (Å²) in [6.07, 6.45) is -9.67. The van der Waals surface area contributed by atoms with Crippen molar-refractivity contribution >= 4 is 5.78 Å². The van der Waals surface area contributed by atoms with E-state index in [4.69, 9.17) is 14.2 Å². The van der Waals surface area contributed by atoms with Gasteiger partial charge in [-0.3, -0.25) is 4.79 Å². The number of Topliss-reactive ketones (excluding diaryl/α,β-unsaturated/α-hetero) is 1. The smallest absolute Gasteiger partial charge is 0.229 e. The molecule has 0 bridgehead atoms. The average Bonchev–Trinajstić information content (AvgIpc) is 2.74. The zero-order valence-electron chi connectivity index (χ0n) is 16.7. The number of carbonyl (C=O) groups excluding carboxylic acids is 1. The normalized spacial score (nSPS) is 32.2. The Hall–Kier alpha value is -3.09. The predicted molar refractivity (Wildman–Crippen MR) is 105 cm³/mol. The number of phenols is 3. The Labute approximate surface area is 181 Å². The molecule has 1 fully saturated rings. The molecular formula is C21H22O11. The lowest BCUT2D eigenvalue weighted by atomic mass is 9.92. The number of benzene rings is 2. The van der Waals surface area contributed by atoms with Gasteiger partial charge in [-0.2, -0.15) is 0 Å². The molecule has 11 heteroatoms. The Balaban J connectivity index is 1.64. The van der Waals surface area contributed by atoms with Gasteiger partial charge in [0.15, 0.2) is 23.7 Å². The molecule has 4 rings (SSSR count). The van der Waals surface area contributed by atoms with E-state index in [1.807, 2.05) is 0 Å². The van der Waals surface area contributed by atoms with Crippen molar-refractivity contribution in [2.45, 2.75) is 49.8 Å². The van der Waals surface area contributed by atoms with E-state index in [2.05, 4.69) is 0 Å². The van der Waals surface area contributed by atoms with Gasteiger partial charge in [0.05, 0.1) is 6.10 Å². The van der Waals surface area contributed by atoms with Gasteiger partial charge < -0.3 is 50.0 Å². The monoisotopic (exact) mass is 450 g/mol. The molecule has 172 valence electrons. The van der Waals surface area contributed by atoms with Crippen LogP contribution >= 0.6 is 0 Å². The van der Waals surface area contributed by atoms with Crippen LogP contribution in [0.25, 0.3) is 0 Å². The summed E-state index contributed by atoms with van der Waals surface area (Å²) >= 11 is 0. The van der Waals surface area contributed by atoms with Crippen molar-refractivity contribution in [3.8, 4) is 28.7 Å². The molecule has 2 aliphatic rings. The summed E-state index contributed by atoms with van der Waals surface area (Å²) < 4.78 is 16.6. The molecule has 11 nitrogen and oxygen atoms in total. The molecule has 2 aromatic rings. The van der Waals surface area contributed by atoms with E-state index in [1.54, 1.807) is 0 Å². The third-order valence-electron chi connectivity index (χ3n) is 5.50. The number of hydrogen-bond donors (Lipinski definition) is 7. The fourth-order valence-electron chi connectivity index (χ4n) is 3.68. The van der Waals surface area contributed by atoms with Crippen LogP contribution in [-0.2, 0) is 4.74 Å². The highest BCUT2D eigenvalue weighted by atomic mass is 16.7. The fraction of sp³-hybridized carbons (Fsp3) is 0.381. The van der Waals surface area contributed by atoms with Gasteiger partial charge >= 0.3 is 0 Å². The Bertz CT molecular complexity index is 1040. The third kappa shape index (κ3) is 3.70. The van der Waals surface area contributed by atoms with Crippen molar-refractivity contribution in [2.24, 2.45) is 0 Å². The zero-order valence-corrected chi connectivity index (χ0v) is 16.7. The van der Waals surface area contributed by atoms with Gasteiger partial charge in [0, 0.05) is 12.1 Å². The van der Waals surface area contributed by atoms with Gasteiger partial charge in [0.2, 0.25) is 12.1 Å². The maximum Gasteiger partial charge on any atom is 0.229 e. The lowest BCUT2D eigenvalue weighted by molar-refractivity contribution is -0.268. The van der Waals surface area contributed by atoms with Gasteiger partial charge in [-0.25, -0.2) is 0 Å². The molecule has 32 heavy (non-hydrogen) atoms. The number of aromatic hydroxyl groups is 3. The second kappa shape index (κ2) is 8.11. The van der Waals surface area contributed by atoms with Crippen LogP contribution in [0.5, 0.6) is 28.7 Å². The van der Waals surface area contributed by atoms with Crippen molar-refractivity contribution in [3.63, 3.8) is 0 Å². The Morgan fingerprint density at radius 3 is 2.28 bits per heavy atom. The Morgan fingerprint density at radius 1 is 0.875 bits per heavy atom. The van der Waals surface area contributed by atoms with Crippen molar-refractivity contribution in [1.29, 1.82) is 0 Å². The molecule has 2 aromatic carbocycles. The number of aliphatic hydroxyl groups is 4. The van der Waals surface area contributed by atoms with E-state index in [-0.39, 0.29) is 22.6 Å². The van der Waals surface area contributed by atoms with Crippen LogP contribution in [0, 0.1) is 0 Å². The first kappa shape index (κ1) is 22.1. The molecular weight excluding hydrogens is 428 g/mol. The highest BCUT2D eigenvalue weighted by molar-refractivity contribution is 6.05. The van der Waals surface area contributed by atoms with Crippen molar-refractivity contribution in [1.82, 2.24) is 0 Å². The van der Waals surface area contributed by atoms with Crippen LogP contribution in [0.3, 0.4) is 0 Å². The molecule has 7 atom stereocenters. The molecule has 0 radical (unpaired) electrons. The molecule has 0 aliphatic carbocycles. The van der Waals surface area contributed by atoms with Gasteiger partial charge in [-0.1, -0.05) is 6.07 Å². The van der Waals surface area contributed by atoms with E-state index < -0.39 is 65.9 Å². The topological polar surface area (TPSA) is 186 Å². The molecule has 0 amide bonds. The number of fused-ring (bicyclic) bond motifs is 1. The first-order chi connectivity index (χ1) is 15.1. The van der Waals surface area contributed by atoms with Crippen LogP contribution in [-0.4, -0.2) is 78.3 Å². The van der Waals surface area contributed by atoms with Crippen LogP contribution in [0.15, 0.2) is 30.3 Å². The standard InChI is InChI=1S/C21H22O11/c1-7-15(25)17(27)19(29)21(30-7)31-9-5-12(24)14-13(6-9)32-20(18(28)16(14)26)8-2-3-10(22)11(23)4-8/h2-7,15,17-25,27-29H,1H3/t7-,15+,17+,18-,19-,20+,21+/m1/s1. The van der Waals surface area contributed by atoms with Crippen LogP contribution < -0.4 is 9.47 Å². The lowest BCUT2D eigenvalue weighted by Gasteiger charge is -2.39. The van der Waals surface area contributed by atoms with Gasteiger partial charge in [-0.05, 0) is 24.6 Å². The summed E-state index contributed by atoms with van der Waals surface area (Å²) in [5, 5.41) is 69.8. The summed E-state index contributed by atoms with van der Waals surface area (Å²) in [5.41, 5.74) is -0.104. The molecule has 0 unspecified atom stereocenters. The minimum atomic E-state index is -1.70. The maximum absolute atomic E-state index is 12.7. The van der Waals surface area contributed by atoms with Crippen LogP contribution in [0.4, 0.5) is 0 Å². The first-order valence-electron chi connectivity index (χ1n) is 9.72. The largest absolute Gasteiger partial charge is 0.507 e. The molecule has 0 aromatic heterocycles. The second-order valence-electron chi connectivity index (χ2n) is 7.71. The fourth-order valence-corrected chi connectivity index (χ4v) is 3.68. The number of ether oxygens (including phenoxy) is 3. The van der Waals surface area contributed by atoms with Crippen LogP contribution in [0.2, 0.25) is 0 Å². The zero-order chi connectivity index (χ0) is 23.3. The Kier molecular flexibility index (Phi) is 5.61. The summed E-state index contributed by atoms with van der Waals surface area (Å²) in [4.78, 5) is 12.7. The first-order valence-corrected chi connectivity index (χ1v) is 9.72. The van der Waals surface area contributed by atoms with Gasteiger partial charge in [-0.15, -0.1) is 0 Å². The number of ketones is 1. The molecule has 0 saturated carbocycles. The quantitative estimate of drug-likeness (QED) is 0.304. The number of hydrogen-bond acceptors (Lipinski definition) is 11. The summed E-state index contributed by atoms with van der Waals surface area (Å²) in [5.74, 6) is -2.51. The maximum atomic E-state index is 12.7. The molecule has 2 aliphatic heterocycles. The molecule has 1 saturated heterocycles. The minimum absolute atomic E-state index is 0.0856. The second-order valence-corrected chi connectivity index (χ2v) is 7.71. The molecule has 0 spiro atoms. The summed E-state index contributed by atoms with van der Waals surface area (Å²) in [6.45, 7) is 1.47. The van der Waals surface area contributed by atoms with E-state index in [1.165, 1.54) is 25.1 Å². The molecule has 7 N–H and O–H groups in total. The SMILES string of the molecule is C[C@H]1O[C@@H](Oc2cc(O)c3c(c2)O[C@@H](c2ccc(O)c(O)c2)[C@H](O)C3=O)[C@H](O)[C@@H](O)[C@H]1O. The number of carbonyl (C=O) groups is 1. The van der Waals surface area contributed by atoms with Crippen molar-refractivity contribution < 1.29 is 54.8 Å². The highest BCUT2D eigenvalue weighted by Crippen LogP contribution is 2.43. The van der Waals surface area contributed by atoms with E-state index in [9.17, 15) is 40.5 Å². The Morgan fingerprint density at radius 2 is 1.59 bits per heavy atom. The minimum Gasteiger partial charge on any atom is -0.507 e. The van der Waals surface area contributed by atoms with Crippen molar-refractivity contribution in [2.75, 3.05) is 0 Å². The van der Waals surface area contributed by atoms with Gasteiger partial charge in [0.1, 0.15) is 41.1 Å². The number of aliphatic hydroxyl groups excluding tert-OH is 4. The average molecular weight is 450 g/mol. The van der Waals surface area contributed by atoms with Crippen LogP contribution in [0.1, 0.15) is 28.9 Å². The molecule has 2 heterocycles.